The molecule has 0 aromatic heterocycles. The maximum atomic E-state index is 12.0. The van der Waals surface area contributed by atoms with Gasteiger partial charge in [0, 0.05) is 22.0 Å². The molecular weight excluding hydrogens is 322 g/mol. The highest BCUT2D eigenvalue weighted by Gasteiger charge is 2.11. The predicted octanol–water partition coefficient (Wildman–Crippen LogP) is 2.77. The summed E-state index contributed by atoms with van der Waals surface area (Å²) in [5.74, 6) is 0.283. The van der Waals surface area contributed by atoms with Gasteiger partial charge in [0.2, 0.25) is 5.91 Å². The third kappa shape index (κ3) is 4.58. The maximum Gasteiger partial charge on any atom is 0.233 e. The molecule has 1 N–H and O–H groups in total. The van der Waals surface area contributed by atoms with Crippen molar-refractivity contribution in [3.63, 3.8) is 0 Å². The highest BCUT2D eigenvalue weighted by Crippen LogP contribution is 2.22. The number of halogens is 1. The highest BCUT2D eigenvalue weighted by atomic mass is 35.5. The van der Waals surface area contributed by atoms with Crippen LogP contribution in [0.4, 0.5) is 0 Å². The summed E-state index contributed by atoms with van der Waals surface area (Å²) in [6.07, 6.45) is 0. The summed E-state index contributed by atoms with van der Waals surface area (Å²) >= 11 is 5.94. The fourth-order valence-corrected chi connectivity index (χ4v) is 3.07. The Morgan fingerprint density at radius 2 is 1.95 bits per heavy atom. The van der Waals surface area contributed by atoms with Crippen LogP contribution in [0.3, 0.4) is 0 Å². The van der Waals surface area contributed by atoms with Gasteiger partial charge in [-0.25, -0.2) is 0 Å². The van der Waals surface area contributed by atoms with Gasteiger partial charge >= 0.3 is 0 Å². The standard InChI is InChI=1S/C16H16ClNO3S/c1-21-15-8-7-13(17)9-12(15)10-18-16(19)11-22(20)14-5-3-2-4-6-14/h2-9H,10-11H2,1H3,(H,18,19). The van der Waals surface area contributed by atoms with Crippen molar-refractivity contribution in [2.75, 3.05) is 12.9 Å². The first-order valence-electron chi connectivity index (χ1n) is 6.62. The predicted molar refractivity (Wildman–Crippen MR) is 87.6 cm³/mol. The number of carbonyl (C=O) groups excluding carboxylic acids is 1. The highest BCUT2D eigenvalue weighted by molar-refractivity contribution is 7.85. The lowest BCUT2D eigenvalue weighted by atomic mass is 10.2. The zero-order valence-electron chi connectivity index (χ0n) is 12.0. The minimum absolute atomic E-state index is 0.0765. The van der Waals surface area contributed by atoms with E-state index in [9.17, 15) is 9.00 Å². The minimum atomic E-state index is -1.35. The number of hydrogen-bond donors (Lipinski definition) is 1. The zero-order chi connectivity index (χ0) is 15.9. The molecule has 4 nitrogen and oxygen atoms in total. The second kappa shape index (κ2) is 7.96. The summed E-state index contributed by atoms with van der Waals surface area (Å²) in [6.45, 7) is 0.272. The van der Waals surface area contributed by atoms with Gasteiger partial charge in [0.1, 0.15) is 11.5 Å². The summed E-state index contributed by atoms with van der Waals surface area (Å²) < 4.78 is 17.3. The average Bonchev–Trinajstić information content (AvgIpc) is 2.54. The SMILES string of the molecule is COc1ccc(Cl)cc1CNC(=O)CS(=O)c1ccccc1. The lowest BCUT2D eigenvalue weighted by molar-refractivity contribution is -0.118. The minimum Gasteiger partial charge on any atom is -0.496 e. The van der Waals surface area contributed by atoms with Crippen LogP contribution in [0.2, 0.25) is 5.02 Å². The van der Waals surface area contributed by atoms with Crippen LogP contribution in [0, 0.1) is 0 Å². The molecule has 116 valence electrons. The molecule has 0 heterocycles. The molecule has 2 aromatic rings. The van der Waals surface area contributed by atoms with Crippen molar-refractivity contribution in [2.45, 2.75) is 11.4 Å². The van der Waals surface area contributed by atoms with Crippen LogP contribution in [0.25, 0.3) is 0 Å². The average molecular weight is 338 g/mol. The van der Waals surface area contributed by atoms with Crippen LogP contribution in [0.1, 0.15) is 5.56 Å². The largest absolute Gasteiger partial charge is 0.496 e. The molecule has 0 fully saturated rings. The van der Waals surface area contributed by atoms with E-state index in [-0.39, 0.29) is 18.2 Å². The van der Waals surface area contributed by atoms with E-state index in [1.54, 1.807) is 49.6 Å². The van der Waals surface area contributed by atoms with Crippen LogP contribution in [-0.2, 0) is 22.1 Å². The molecule has 2 rings (SSSR count). The van der Waals surface area contributed by atoms with Gasteiger partial charge in [0.25, 0.3) is 0 Å². The number of amides is 1. The van der Waals surface area contributed by atoms with Gasteiger partial charge in [-0.15, -0.1) is 0 Å². The maximum absolute atomic E-state index is 12.0. The first-order chi connectivity index (χ1) is 10.6. The molecule has 0 aliphatic rings. The summed E-state index contributed by atoms with van der Waals surface area (Å²) in [5, 5.41) is 3.30. The Kier molecular flexibility index (Phi) is 5.98. The number of benzene rings is 2. The van der Waals surface area contributed by atoms with Crippen molar-refractivity contribution >= 4 is 28.3 Å². The van der Waals surface area contributed by atoms with Gasteiger partial charge in [0.05, 0.1) is 17.9 Å². The molecule has 1 amide bonds. The van der Waals surface area contributed by atoms with Crippen LogP contribution >= 0.6 is 11.6 Å². The molecule has 0 radical (unpaired) electrons. The van der Waals surface area contributed by atoms with E-state index in [1.807, 2.05) is 6.07 Å². The van der Waals surface area contributed by atoms with Crippen LogP contribution in [-0.4, -0.2) is 23.0 Å². The number of ether oxygens (including phenoxy) is 1. The zero-order valence-corrected chi connectivity index (χ0v) is 13.6. The Hall–Kier alpha value is -1.85. The summed E-state index contributed by atoms with van der Waals surface area (Å²) in [6, 6.07) is 14.1. The second-order valence-corrected chi connectivity index (χ2v) is 6.42. The third-order valence-electron chi connectivity index (χ3n) is 2.99. The van der Waals surface area contributed by atoms with E-state index in [2.05, 4.69) is 5.32 Å². The van der Waals surface area contributed by atoms with E-state index in [0.717, 1.165) is 5.56 Å². The van der Waals surface area contributed by atoms with Crippen molar-refractivity contribution < 1.29 is 13.7 Å². The van der Waals surface area contributed by atoms with Crippen molar-refractivity contribution in [3.05, 3.63) is 59.1 Å². The number of methoxy groups -OCH3 is 1. The first kappa shape index (κ1) is 16.5. The fourth-order valence-electron chi connectivity index (χ4n) is 1.90. The molecule has 0 bridgehead atoms. The topological polar surface area (TPSA) is 55.4 Å². The van der Waals surface area contributed by atoms with E-state index >= 15 is 0 Å². The fraction of sp³-hybridized carbons (Fsp3) is 0.188. The summed E-state index contributed by atoms with van der Waals surface area (Å²) in [7, 11) is 0.202. The van der Waals surface area contributed by atoms with Crippen LogP contribution < -0.4 is 10.1 Å². The van der Waals surface area contributed by atoms with Crippen molar-refractivity contribution in [3.8, 4) is 5.75 Å². The Morgan fingerprint density at radius 3 is 2.64 bits per heavy atom. The lowest BCUT2D eigenvalue weighted by Crippen LogP contribution is -2.28. The molecule has 0 aliphatic heterocycles. The Labute approximate surface area is 136 Å². The first-order valence-corrected chi connectivity index (χ1v) is 8.32. The lowest BCUT2D eigenvalue weighted by Gasteiger charge is -2.10. The number of nitrogens with one attached hydrogen (secondary N) is 1. The number of rotatable bonds is 6. The van der Waals surface area contributed by atoms with Crippen molar-refractivity contribution in [2.24, 2.45) is 0 Å². The third-order valence-corrected chi connectivity index (χ3v) is 4.54. The molecule has 0 aliphatic carbocycles. The summed E-state index contributed by atoms with van der Waals surface area (Å²) in [4.78, 5) is 12.5. The van der Waals surface area contributed by atoms with E-state index in [1.165, 1.54) is 0 Å². The molecule has 22 heavy (non-hydrogen) atoms. The Morgan fingerprint density at radius 1 is 1.23 bits per heavy atom. The monoisotopic (exact) mass is 337 g/mol. The number of carbonyl (C=O) groups is 1. The van der Waals surface area contributed by atoms with Gasteiger partial charge in [0.15, 0.2) is 0 Å². The van der Waals surface area contributed by atoms with Gasteiger partial charge in [-0.3, -0.25) is 9.00 Å². The molecule has 1 atom stereocenters. The Balaban J connectivity index is 1.93. The smallest absolute Gasteiger partial charge is 0.233 e. The molecule has 1 unspecified atom stereocenters. The summed E-state index contributed by atoms with van der Waals surface area (Å²) in [5.41, 5.74) is 0.772. The normalized spacial score (nSPS) is 11.7. The van der Waals surface area contributed by atoms with Crippen molar-refractivity contribution in [1.82, 2.24) is 5.32 Å². The van der Waals surface area contributed by atoms with Gasteiger partial charge in [-0.2, -0.15) is 0 Å². The molecule has 0 saturated carbocycles. The van der Waals surface area contributed by atoms with Gasteiger partial charge < -0.3 is 10.1 Å². The van der Waals surface area contributed by atoms with Crippen LogP contribution in [0.15, 0.2) is 53.4 Å². The van der Waals surface area contributed by atoms with E-state index in [4.69, 9.17) is 16.3 Å². The van der Waals surface area contributed by atoms with Crippen LogP contribution in [0.5, 0.6) is 5.75 Å². The molecular formula is C16H16ClNO3S. The van der Waals surface area contributed by atoms with E-state index in [0.29, 0.717) is 15.7 Å². The van der Waals surface area contributed by atoms with Gasteiger partial charge in [-0.1, -0.05) is 29.8 Å². The molecule has 0 spiro atoms. The molecule has 6 heteroatoms. The van der Waals surface area contributed by atoms with Gasteiger partial charge in [-0.05, 0) is 30.3 Å². The molecule has 2 aromatic carbocycles. The molecule has 0 saturated heterocycles. The Bertz CT molecular complexity index is 676. The second-order valence-electron chi connectivity index (χ2n) is 4.54. The quantitative estimate of drug-likeness (QED) is 0.881. The van der Waals surface area contributed by atoms with Crippen molar-refractivity contribution in [1.29, 1.82) is 0 Å². The number of hydrogen-bond acceptors (Lipinski definition) is 3. The van der Waals surface area contributed by atoms with E-state index < -0.39 is 10.8 Å².